The molecular weight excluding hydrogens is 220 g/mol. The number of aliphatic hydroxyl groups excluding tert-OH is 1. The summed E-state index contributed by atoms with van der Waals surface area (Å²) >= 11 is 0. The van der Waals surface area contributed by atoms with Crippen molar-refractivity contribution in [1.29, 1.82) is 0 Å². The number of aliphatic hydroxyl groups is 1. The number of hydrogen-bond acceptors (Lipinski definition) is 6. The third-order valence-corrected chi connectivity index (χ3v) is 3.33. The van der Waals surface area contributed by atoms with Gasteiger partial charge in [0.15, 0.2) is 0 Å². The Morgan fingerprint density at radius 2 is 2.41 bits per heavy atom. The van der Waals surface area contributed by atoms with Crippen LogP contribution in [0.25, 0.3) is 0 Å². The zero-order valence-electron chi connectivity index (χ0n) is 10.4. The van der Waals surface area contributed by atoms with Crippen molar-refractivity contribution in [1.82, 2.24) is 15.5 Å². The van der Waals surface area contributed by atoms with Gasteiger partial charge in [0.25, 0.3) is 0 Å². The highest BCUT2D eigenvalue weighted by atomic mass is 16.4. The topological polar surface area (TPSA) is 74.4 Å². The van der Waals surface area contributed by atoms with Crippen molar-refractivity contribution in [2.75, 3.05) is 31.6 Å². The summed E-state index contributed by atoms with van der Waals surface area (Å²) in [7, 11) is 1.86. The number of nitrogens with one attached hydrogen (secondary N) is 1. The van der Waals surface area contributed by atoms with Crippen LogP contribution in [0.5, 0.6) is 0 Å². The predicted molar refractivity (Wildman–Crippen MR) is 63.8 cm³/mol. The summed E-state index contributed by atoms with van der Waals surface area (Å²) in [6, 6.07) is 0.676. The molecule has 17 heavy (non-hydrogen) atoms. The number of hydrogen-bond donors (Lipinski definition) is 2. The van der Waals surface area contributed by atoms with Crippen molar-refractivity contribution < 1.29 is 9.52 Å². The van der Waals surface area contributed by atoms with E-state index in [1.165, 1.54) is 0 Å². The van der Waals surface area contributed by atoms with Crippen LogP contribution in [0.1, 0.15) is 31.7 Å². The number of anilines is 1. The maximum atomic E-state index is 8.91. The molecule has 6 nitrogen and oxygen atoms in total. The molecule has 2 atom stereocenters. The first-order valence-corrected chi connectivity index (χ1v) is 6.11. The van der Waals surface area contributed by atoms with Gasteiger partial charge in [-0.3, -0.25) is 0 Å². The van der Waals surface area contributed by atoms with Gasteiger partial charge >= 0.3 is 6.01 Å². The molecule has 2 N–H and O–H groups in total. The summed E-state index contributed by atoms with van der Waals surface area (Å²) in [5, 5.41) is 20.1. The van der Waals surface area contributed by atoms with Gasteiger partial charge in [0, 0.05) is 19.7 Å². The van der Waals surface area contributed by atoms with Gasteiger partial charge in [-0.05, 0) is 32.7 Å². The Morgan fingerprint density at radius 1 is 1.59 bits per heavy atom. The molecule has 0 amide bonds. The van der Waals surface area contributed by atoms with Crippen molar-refractivity contribution >= 4 is 6.01 Å². The SMILES string of the molecule is CNC(C)c1nnc(N2CCC(CCO)C2)o1. The molecule has 2 rings (SSSR count). The molecule has 1 aromatic heterocycles. The highest BCUT2D eigenvalue weighted by Gasteiger charge is 2.26. The lowest BCUT2D eigenvalue weighted by Gasteiger charge is -2.12. The van der Waals surface area contributed by atoms with E-state index in [-0.39, 0.29) is 12.6 Å². The van der Waals surface area contributed by atoms with Crippen LogP contribution < -0.4 is 10.2 Å². The zero-order valence-corrected chi connectivity index (χ0v) is 10.4. The van der Waals surface area contributed by atoms with E-state index in [1.807, 2.05) is 14.0 Å². The molecule has 1 fully saturated rings. The van der Waals surface area contributed by atoms with Crippen LogP contribution in [0.15, 0.2) is 4.42 Å². The van der Waals surface area contributed by atoms with Crippen LogP contribution in [-0.2, 0) is 0 Å². The van der Waals surface area contributed by atoms with Gasteiger partial charge in [0.2, 0.25) is 5.89 Å². The Balaban J connectivity index is 1.97. The molecule has 0 aromatic carbocycles. The Kier molecular flexibility index (Phi) is 3.96. The molecule has 1 aliphatic rings. The molecule has 1 saturated heterocycles. The van der Waals surface area contributed by atoms with E-state index >= 15 is 0 Å². The molecule has 2 unspecified atom stereocenters. The summed E-state index contributed by atoms with van der Waals surface area (Å²) in [6.07, 6.45) is 1.93. The number of rotatable bonds is 5. The van der Waals surface area contributed by atoms with Crippen LogP contribution in [0.2, 0.25) is 0 Å². The number of aromatic nitrogens is 2. The first kappa shape index (κ1) is 12.3. The van der Waals surface area contributed by atoms with Crippen LogP contribution in [-0.4, -0.2) is 42.0 Å². The second-order valence-corrected chi connectivity index (χ2v) is 4.55. The lowest BCUT2D eigenvalue weighted by Crippen LogP contribution is -2.20. The van der Waals surface area contributed by atoms with E-state index < -0.39 is 0 Å². The summed E-state index contributed by atoms with van der Waals surface area (Å²) in [6.45, 7) is 4.07. The molecule has 1 aliphatic heterocycles. The van der Waals surface area contributed by atoms with E-state index in [2.05, 4.69) is 20.4 Å². The summed E-state index contributed by atoms with van der Waals surface area (Å²) in [5.41, 5.74) is 0. The van der Waals surface area contributed by atoms with Gasteiger partial charge in [-0.25, -0.2) is 0 Å². The Hall–Kier alpha value is -1.14. The highest BCUT2D eigenvalue weighted by molar-refractivity contribution is 5.26. The predicted octanol–water partition coefficient (Wildman–Crippen LogP) is 0.559. The smallest absolute Gasteiger partial charge is 0.318 e. The standard InChI is InChI=1S/C11H20N4O2/c1-8(12-2)10-13-14-11(17-10)15-5-3-9(7-15)4-6-16/h8-9,12,16H,3-7H2,1-2H3. The summed E-state index contributed by atoms with van der Waals surface area (Å²) in [5.74, 6) is 1.16. The zero-order chi connectivity index (χ0) is 12.3. The molecule has 6 heteroatoms. The Morgan fingerprint density at radius 3 is 3.12 bits per heavy atom. The fraction of sp³-hybridized carbons (Fsp3) is 0.818. The lowest BCUT2D eigenvalue weighted by atomic mass is 10.1. The normalized spacial score (nSPS) is 22.1. The number of nitrogens with zero attached hydrogens (tertiary/aromatic N) is 3. The fourth-order valence-electron chi connectivity index (χ4n) is 2.08. The third kappa shape index (κ3) is 2.76. The minimum absolute atomic E-state index is 0.0760. The molecule has 0 saturated carbocycles. The quantitative estimate of drug-likeness (QED) is 0.783. The average molecular weight is 240 g/mol. The molecule has 1 aromatic rings. The summed E-state index contributed by atoms with van der Waals surface area (Å²) < 4.78 is 5.63. The first-order valence-electron chi connectivity index (χ1n) is 6.11. The monoisotopic (exact) mass is 240 g/mol. The van der Waals surface area contributed by atoms with E-state index in [0.717, 1.165) is 25.9 Å². The van der Waals surface area contributed by atoms with E-state index in [1.54, 1.807) is 0 Å². The van der Waals surface area contributed by atoms with Crippen molar-refractivity contribution in [2.24, 2.45) is 5.92 Å². The van der Waals surface area contributed by atoms with Gasteiger partial charge in [-0.2, -0.15) is 0 Å². The minimum atomic E-state index is 0.0760. The van der Waals surface area contributed by atoms with E-state index in [4.69, 9.17) is 9.52 Å². The highest BCUT2D eigenvalue weighted by Crippen LogP contribution is 2.25. The van der Waals surface area contributed by atoms with Gasteiger partial charge in [-0.1, -0.05) is 5.10 Å². The van der Waals surface area contributed by atoms with Gasteiger partial charge in [-0.15, -0.1) is 5.10 Å². The molecule has 0 radical (unpaired) electrons. The van der Waals surface area contributed by atoms with Gasteiger partial charge < -0.3 is 19.7 Å². The minimum Gasteiger partial charge on any atom is -0.406 e. The molecular formula is C11H20N4O2. The van der Waals surface area contributed by atoms with Crippen LogP contribution in [0, 0.1) is 5.92 Å². The second kappa shape index (κ2) is 5.46. The second-order valence-electron chi connectivity index (χ2n) is 4.55. The Bertz CT molecular complexity index is 355. The van der Waals surface area contributed by atoms with Gasteiger partial charge in [0.1, 0.15) is 0 Å². The Labute approximate surface area is 101 Å². The third-order valence-electron chi connectivity index (χ3n) is 3.33. The average Bonchev–Trinajstić information content (AvgIpc) is 2.96. The van der Waals surface area contributed by atoms with Crippen LogP contribution in [0.4, 0.5) is 6.01 Å². The van der Waals surface area contributed by atoms with E-state index in [0.29, 0.717) is 17.8 Å². The van der Waals surface area contributed by atoms with Crippen LogP contribution in [0.3, 0.4) is 0 Å². The van der Waals surface area contributed by atoms with Crippen molar-refractivity contribution in [3.63, 3.8) is 0 Å². The van der Waals surface area contributed by atoms with Crippen molar-refractivity contribution in [2.45, 2.75) is 25.8 Å². The van der Waals surface area contributed by atoms with E-state index in [9.17, 15) is 0 Å². The maximum Gasteiger partial charge on any atom is 0.318 e. The van der Waals surface area contributed by atoms with Crippen LogP contribution >= 0.6 is 0 Å². The maximum absolute atomic E-state index is 8.91. The van der Waals surface area contributed by atoms with Gasteiger partial charge in [0.05, 0.1) is 6.04 Å². The fourth-order valence-corrected chi connectivity index (χ4v) is 2.08. The molecule has 2 heterocycles. The van der Waals surface area contributed by atoms with Crippen molar-refractivity contribution in [3.8, 4) is 0 Å². The molecule has 96 valence electrons. The molecule has 0 spiro atoms. The lowest BCUT2D eigenvalue weighted by molar-refractivity contribution is 0.263. The first-order chi connectivity index (χ1) is 8.24. The van der Waals surface area contributed by atoms with Crippen molar-refractivity contribution in [3.05, 3.63) is 5.89 Å². The summed E-state index contributed by atoms with van der Waals surface area (Å²) in [4.78, 5) is 2.10. The molecule has 0 bridgehead atoms. The molecule has 0 aliphatic carbocycles. The largest absolute Gasteiger partial charge is 0.406 e.